The van der Waals surface area contributed by atoms with Crippen LogP contribution >= 0.6 is 34.8 Å². The predicted molar refractivity (Wildman–Crippen MR) is 335 cm³/mol. The fraction of sp³-hybridized carbons (Fsp3) is 0.500. The van der Waals surface area contributed by atoms with Crippen molar-refractivity contribution < 1.29 is 48.5 Å². The number of aliphatic hydroxyl groups is 3. The molecule has 7 N–H and O–H groups in total. The summed E-state index contributed by atoms with van der Waals surface area (Å²) in [4.78, 5) is 39.0. The summed E-state index contributed by atoms with van der Waals surface area (Å²) in [5, 5.41) is 35.1. The zero-order valence-electron chi connectivity index (χ0n) is 50.5. The monoisotopic (exact) mass is 1270 g/mol. The molecule has 0 bridgehead atoms. The minimum atomic E-state index is 0.0812. The van der Waals surface area contributed by atoms with Crippen molar-refractivity contribution in [3.63, 3.8) is 0 Å². The minimum Gasteiger partial charge on any atom is -0.496 e. The average molecular weight is 1280 g/mol. The summed E-state index contributed by atoms with van der Waals surface area (Å²) in [5.41, 5.74) is 15.5. The summed E-state index contributed by atoms with van der Waals surface area (Å²) in [6.45, 7) is 11.1. The Morgan fingerprint density at radius 1 is 0.614 bits per heavy atom. The van der Waals surface area contributed by atoms with Crippen LogP contribution in [0.3, 0.4) is 0 Å². The summed E-state index contributed by atoms with van der Waals surface area (Å²) in [5.74, 6) is 5.89. The minimum absolute atomic E-state index is 0.0812. The predicted octanol–water partition coefficient (Wildman–Crippen LogP) is 7.30. The molecule has 13 rings (SSSR count). The van der Waals surface area contributed by atoms with Gasteiger partial charge in [0, 0.05) is 73.3 Å². The molecule has 0 radical (unpaired) electrons. The van der Waals surface area contributed by atoms with Crippen molar-refractivity contribution in [3.05, 3.63) is 110 Å². The van der Waals surface area contributed by atoms with E-state index in [1.54, 1.807) is 51.9 Å². The van der Waals surface area contributed by atoms with Gasteiger partial charge in [-0.25, -0.2) is 34.9 Å². The van der Waals surface area contributed by atoms with E-state index in [0.717, 1.165) is 145 Å². The number of aromatic nitrogens is 10. The number of rotatable bonds is 13. The number of nitrogens with one attached hydrogen (secondary N) is 2. The van der Waals surface area contributed by atoms with Crippen LogP contribution in [0.1, 0.15) is 83.4 Å². The lowest BCUT2D eigenvalue weighted by molar-refractivity contribution is 0.109. The number of nitrogen functional groups attached to an aromatic ring is 1. The number of nitrogens with zero attached hydrogens (tertiary/aromatic N) is 12. The van der Waals surface area contributed by atoms with Crippen molar-refractivity contribution in [2.24, 2.45) is 0 Å². The molecule has 11 heterocycles. The summed E-state index contributed by atoms with van der Waals surface area (Å²) in [7, 11) is 6.39. The molecule has 28 heteroatoms. The molecule has 2 aromatic carbocycles. The number of methoxy groups -OCH3 is 4. The van der Waals surface area contributed by atoms with Crippen LogP contribution in [-0.4, -0.2) is 170 Å². The fourth-order valence-electron chi connectivity index (χ4n) is 11.1. The number of aryl methyl sites for hydroxylation is 1. The van der Waals surface area contributed by atoms with Crippen LogP contribution in [-0.2, 0) is 53.3 Å². The van der Waals surface area contributed by atoms with E-state index in [1.165, 1.54) is 6.42 Å². The van der Waals surface area contributed by atoms with Gasteiger partial charge in [0.2, 0.25) is 22.3 Å². The average Bonchev–Trinajstić information content (AvgIpc) is 2.42. The maximum atomic E-state index is 9.84. The molecule has 0 saturated carbocycles. The van der Waals surface area contributed by atoms with Gasteiger partial charge in [-0.15, -0.1) is 0 Å². The Kier molecular flexibility index (Phi) is 23.5. The smallest absolute Gasteiger partial charge is 0.230 e. The quantitative estimate of drug-likeness (QED) is 0.0487. The molecule has 25 nitrogen and oxygen atoms in total. The van der Waals surface area contributed by atoms with Crippen LogP contribution in [0.15, 0.2) is 49.3 Å². The highest BCUT2D eigenvalue weighted by Crippen LogP contribution is 2.40. The van der Waals surface area contributed by atoms with E-state index in [-0.39, 0.29) is 35.9 Å². The summed E-state index contributed by atoms with van der Waals surface area (Å²) >= 11 is 17.5. The van der Waals surface area contributed by atoms with Gasteiger partial charge in [-0.2, -0.15) is 4.98 Å². The van der Waals surface area contributed by atoms with E-state index in [1.807, 2.05) is 29.0 Å². The molecule has 0 spiro atoms. The van der Waals surface area contributed by atoms with Gasteiger partial charge >= 0.3 is 0 Å². The van der Waals surface area contributed by atoms with Crippen molar-refractivity contribution in [2.45, 2.75) is 110 Å². The lowest BCUT2D eigenvalue weighted by atomic mass is 10.1. The van der Waals surface area contributed by atoms with E-state index in [2.05, 4.69) is 70.3 Å². The maximum absolute atomic E-state index is 9.84. The highest BCUT2D eigenvalue weighted by atomic mass is 35.5. The summed E-state index contributed by atoms with van der Waals surface area (Å²) in [6.07, 6.45) is 15.7. The van der Waals surface area contributed by atoms with E-state index in [4.69, 9.17) is 88.8 Å². The van der Waals surface area contributed by atoms with Crippen molar-refractivity contribution in [1.82, 2.24) is 54.3 Å². The van der Waals surface area contributed by atoms with E-state index >= 15 is 0 Å². The number of imidazole rings is 2. The Labute approximate surface area is 526 Å². The van der Waals surface area contributed by atoms with Gasteiger partial charge in [0.1, 0.15) is 41.0 Å². The molecular formula is C60H78Cl3N15O10. The van der Waals surface area contributed by atoms with E-state index < -0.39 is 0 Å². The lowest BCUT2D eigenvalue weighted by Gasteiger charge is -2.29. The number of nitrogens with two attached hydrogens (primary N) is 1. The Morgan fingerprint density at radius 2 is 1.15 bits per heavy atom. The third-order valence-corrected chi connectivity index (χ3v) is 16.6. The van der Waals surface area contributed by atoms with Crippen LogP contribution in [0, 0.1) is 13.8 Å². The maximum Gasteiger partial charge on any atom is 0.230 e. The van der Waals surface area contributed by atoms with Crippen LogP contribution in [0.5, 0.6) is 23.0 Å². The van der Waals surface area contributed by atoms with Gasteiger partial charge in [0.05, 0.1) is 141 Å². The third-order valence-electron chi connectivity index (χ3n) is 15.9. The van der Waals surface area contributed by atoms with Gasteiger partial charge in [-0.05, 0) is 99.3 Å². The molecule has 3 fully saturated rings. The molecule has 474 valence electrons. The Hall–Kier alpha value is -6.91. The van der Waals surface area contributed by atoms with Gasteiger partial charge in [-0.3, -0.25) is 0 Å². The number of ether oxygens (including phenoxy) is 7. The zero-order chi connectivity index (χ0) is 62.3. The molecule has 0 amide bonds. The highest BCUT2D eigenvalue weighted by molar-refractivity contribution is 6.32. The molecule has 6 aliphatic rings. The molecule has 88 heavy (non-hydrogen) atoms. The molecule has 0 aliphatic carbocycles. The number of hydrogen-bond acceptors (Lipinski definition) is 23. The van der Waals surface area contributed by atoms with Crippen molar-refractivity contribution in [3.8, 4) is 34.4 Å². The zero-order valence-corrected chi connectivity index (χ0v) is 52.7. The first kappa shape index (κ1) is 65.5. The Morgan fingerprint density at radius 3 is 1.68 bits per heavy atom. The second kappa shape index (κ2) is 31.5. The van der Waals surface area contributed by atoms with Crippen molar-refractivity contribution >= 4 is 64.0 Å². The van der Waals surface area contributed by atoms with Gasteiger partial charge in [0.15, 0.2) is 17.3 Å². The number of anilines is 5. The number of benzene rings is 2. The SMILES string of the molecule is COc1cc(-n2cnc(N)c2)cc(OC)c1OC.COc1cc(-n2cnc(Nc3nc4c(c(N5CCC[C@H]5CO)n3)COCC4)c2)cc(C)c1C.Clc1nc(Cl)c2c(n1)CCOC2.OC[C@@H]1CCCN1.OC[C@@H]1CCCN1c1nc(Cl)nc2c1COCC2. The standard InChI is InChI=1S/C24H30N6O3.C12H16ClN3O2.C12H15N3O3.C7H6Cl2N2O.C5H11NO/c1-15-9-18(10-21(32-3)16(15)2)29-11-22(25-14-29)27-24-26-20-6-8-33-13-19(20)23(28-24)30-7-4-5-17(30)12-31;13-12-14-10-3-5-18-7-9(10)11(15-12)16-4-1-2-8(16)6-17;1-16-9-4-8(15-6-11(13)14-7-15)5-10(17-2)12(9)18-3;8-6-4-3-12-2-1-5(4)10-7(9)11-6;7-4-5-2-1-3-6-5/h9-11,14,17,31H,4-8,12-13H2,1-3H3,(H,26,27,28);8,17H,1-7H2;4-7H,13H2,1-3H3;1-3H2;5-7H,1-4H2/t17-;8-;;;5-/m00..0/s1. The van der Waals surface area contributed by atoms with Gasteiger partial charge < -0.3 is 83.8 Å². The van der Waals surface area contributed by atoms with Crippen LogP contribution in [0.25, 0.3) is 11.4 Å². The second-order valence-electron chi connectivity index (χ2n) is 21.4. The van der Waals surface area contributed by atoms with E-state index in [0.29, 0.717) is 92.3 Å². The molecular weight excluding hydrogens is 1200 g/mol. The van der Waals surface area contributed by atoms with Crippen molar-refractivity contribution in [2.75, 3.05) is 109 Å². The van der Waals surface area contributed by atoms with Crippen LogP contribution < -0.4 is 45.1 Å². The molecule has 0 unspecified atom stereocenters. The number of fused-ring (bicyclic) bond motifs is 3. The topological polar surface area (TPSA) is 295 Å². The molecule has 6 aliphatic heterocycles. The highest BCUT2D eigenvalue weighted by Gasteiger charge is 2.32. The number of aliphatic hydroxyl groups excluding tert-OH is 3. The third kappa shape index (κ3) is 16.1. The van der Waals surface area contributed by atoms with E-state index in [9.17, 15) is 10.2 Å². The van der Waals surface area contributed by atoms with Crippen LogP contribution in [0.2, 0.25) is 15.7 Å². The fourth-order valence-corrected chi connectivity index (χ4v) is 11.8. The second-order valence-corrected chi connectivity index (χ2v) is 22.5. The first-order chi connectivity index (χ1) is 42.8. The number of halogens is 3. The molecule has 7 aromatic rings. The normalized spacial score (nSPS) is 18.2. The summed E-state index contributed by atoms with van der Waals surface area (Å²) < 4.78 is 41.5. The molecule has 3 atom stereocenters. The van der Waals surface area contributed by atoms with Crippen molar-refractivity contribution in [1.29, 1.82) is 0 Å². The lowest BCUT2D eigenvalue weighted by Crippen LogP contribution is -2.34. The van der Waals surface area contributed by atoms with Gasteiger partial charge in [-0.1, -0.05) is 11.6 Å². The largest absolute Gasteiger partial charge is 0.496 e. The number of hydrogen-bond donors (Lipinski definition) is 6. The molecule has 5 aromatic heterocycles. The Balaban J connectivity index is 0.000000143. The summed E-state index contributed by atoms with van der Waals surface area (Å²) in [6, 6.07) is 8.38. The Bertz CT molecular complexity index is 3420. The van der Waals surface area contributed by atoms with Gasteiger partial charge in [0.25, 0.3) is 0 Å². The first-order valence-corrected chi connectivity index (χ1v) is 30.4. The van der Waals surface area contributed by atoms with Crippen LogP contribution in [0.4, 0.5) is 29.2 Å². The molecule has 3 saturated heterocycles. The first-order valence-electron chi connectivity index (χ1n) is 29.3.